The fraction of sp³-hybridized carbons (Fsp3) is 0.103. The van der Waals surface area contributed by atoms with E-state index in [1.807, 2.05) is 99.2 Å². The van der Waals surface area contributed by atoms with Crippen LogP contribution in [-0.2, 0) is 11.3 Å². The van der Waals surface area contributed by atoms with Gasteiger partial charge in [0, 0.05) is 37.4 Å². The maximum atomic E-state index is 13.5. The van der Waals surface area contributed by atoms with Gasteiger partial charge in [0.05, 0.1) is 17.1 Å². The van der Waals surface area contributed by atoms with Gasteiger partial charge in [0.1, 0.15) is 0 Å². The Kier molecular flexibility index (Phi) is 6.55. The van der Waals surface area contributed by atoms with Crippen LogP contribution < -0.4 is 4.90 Å². The van der Waals surface area contributed by atoms with E-state index in [0.717, 1.165) is 28.3 Å². The number of carbonyl (C=O) groups excluding carboxylic acids is 1. The molecule has 0 atom stereocenters. The number of hydrogen-bond donors (Lipinski definition) is 0. The van der Waals surface area contributed by atoms with Crippen LogP contribution in [0.15, 0.2) is 113 Å². The average molecular weight is 479 g/mol. The third-order valence-electron chi connectivity index (χ3n) is 5.76. The number of aliphatic imine (C=N–C) groups is 1. The molecule has 0 N–H and O–H groups in total. The van der Waals surface area contributed by atoms with Gasteiger partial charge in [0.15, 0.2) is 5.17 Å². The molecule has 0 spiro atoms. The summed E-state index contributed by atoms with van der Waals surface area (Å²) < 4.78 is 2.09. The van der Waals surface area contributed by atoms with E-state index in [4.69, 9.17) is 4.99 Å². The molecule has 2 heterocycles. The smallest absolute Gasteiger partial charge is 0.267 e. The van der Waals surface area contributed by atoms with E-state index in [2.05, 4.69) is 33.7 Å². The van der Waals surface area contributed by atoms with Crippen molar-refractivity contribution in [1.82, 2.24) is 9.47 Å². The molecule has 4 aromatic rings. The lowest BCUT2D eigenvalue weighted by Gasteiger charge is -2.15. The molecule has 35 heavy (non-hydrogen) atoms. The van der Waals surface area contributed by atoms with E-state index < -0.39 is 0 Å². The van der Waals surface area contributed by atoms with Crippen LogP contribution in [0.5, 0.6) is 0 Å². The van der Waals surface area contributed by atoms with E-state index in [-0.39, 0.29) is 5.91 Å². The molecule has 1 aliphatic heterocycles. The van der Waals surface area contributed by atoms with Gasteiger partial charge < -0.3 is 9.47 Å². The third kappa shape index (κ3) is 5.08. The second kappa shape index (κ2) is 10.1. The Morgan fingerprint density at radius 1 is 0.857 bits per heavy atom. The number of nitrogens with zero attached hydrogens (tertiary/aromatic N) is 4. The van der Waals surface area contributed by atoms with Gasteiger partial charge >= 0.3 is 0 Å². The van der Waals surface area contributed by atoms with Gasteiger partial charge in [-0.25, -0.2) is 4.99 Å². The van der Waals surface area contributed by atoms with Crippen LogP contribution in [0.4, 0.5) is 11.4 Å². The second-order valence-electron chi connectivity index (χ2n) is 8.43. The number of para-hydroxylation sites is 1. The summed E-state index contributed by atoms with van der Waals surface area (Å²) >= 11 is 1.42. The van der Waals surface area contributed by atoms with Crippen molar-refractivity contribution in [2.75, 3.05) is 19.0 Å². The second-order valence-corrected chi connectivity index (χ2v) is 9.44. The summed E-state index contributed by atoms with van der Waals surface area (Å²) in [6.07, 6.45) is 3.97. The highest BCUT2D eigenvalue weighted by molar-refractivity contribution is 8.18. The van der Waals surface area contributed by atoms with Gasteiger partial charge in [-0.1, -0.05) is 48.5 Å². The lowest BCUT2D eigenvalue weighted by Crippen LogP contribution is -2.28. The minimum Gasteiger partial charge on any atom is -0.378 e. The topological polar surface area (TPSA) is 40.8 Å². The highest BCUT2D eigenvalue weighted by Gasteiger charge is 2.33. The van der Waals surface area contributed by atoms with E-state index in [0.29, 0.717) is 16.6 Å². The van der Waals surface area contributed by atoms with Crippen molar-refractivity contribution < 1.29 is 4.79 Å². The van der Waals surface area contributed by atoms with Crippen LogP contribution >= 0.6 is 11.8 Å². The predicted molar refractivity (Wildman–Crippen MR) is 146 cm³/mol. The summed E-state index contributed by atoms with van der Waals surface area (Å²) in [6.45, 7) is 0.475. The Morgan fingerprint density at radius 2 is 1.54 bits per heavy atom. The standard InChI is InChI=1S/C29H26N4OS/c1-31(2)24-15-17-25(18-16-24)32-19-9-14-26(32)20-27-28(34)33(21-22-10-5-3-6-11-22)29(35-27)30-23-12-7-4-8-13-23/h3-20H,21H2,1-2H3/b27-20-,30-29?. The van der Waals surface area contributed by atoms with E-state index >= 15 is 0 Å². The first-order valence-electron chi connectivity index (χ1n) is 11.4. The predicted octanol–water partition coefficient (Wildman–Crippen LogP) is 6.35. The van der Waals surface area contributed by atoms with Crippen LogP contribution in [0.25, 0.3) is 11.8 Å². The Morgan fingerprint density at radius 3 is 2.23 bits per heavy atom. The maximum absolute atomic E-state index is 13.5. The van der Waals surface area contributed by atoms with Crippen molar-refractivity contribution in [1.29, 1.82) is 0 Å². The van der Waals surface area contributed by atoms with Crippen LogP contribution in [-0.4, -0.2) is 34.6 Å². The van der Waals surface area contributed by atoms with E-state index in [1.165, 1.54) is 11.8 Å². The number of aromatic nitrogens is 1. The molecule has 0 radical (unpaired) electrons. The molecule has 1 aliphatic rings. The summed E-state index contributed by atoms with van der Waals surface area (Å²) in [5, 5.41) is 0.685. The highest BCUT2D eigenvalue weighted by atomic mass is 32.2. The molecule has 1 aromatic heterocycles. The average Bonchev–Trinajstić information content (AvgIpc) is 3.46. The Bertz CT molecular complexity index is 1370. The van der Waals surface area contributed by atoms with Gasteiger partial charge in [0.2, 0.25) is 0 Å². The Hall–Kier alpha value is -4.03. The van der Waals surface area contributed by atoms with Crippen molar-refractivity contribution >= 4 is 40.3 Å². The molecule has 0 bridgehead atoms. The van der Waals surface area contributed by atoms with Crippen LogP contribution in [0.2, 0.25) is 0 Å². The van der Waals surface area contributed by atoms with Crippen LogP contribution in [0.3, 0.4) is 0 Å². The largest absolute Gasteiger partial charge is 0.378 e. The first-order chi connectivity index (χ1) is 17.1. The molecule has 1 amide bonds. The van der Waals surface area contributed by atoms with Gasteiger partial charge in [-0.15, -0.1) is 0 Å². The number of hydrogen-bond acceptors (Lipinski definition) is 4. The van der Waals surface area contributed by atoms with Crippen LogP contribution in [0, 0.1) is 0 Å². The minimum absolute atomic E-state index is 0.0377. The third-order valence-corrected chi connectivity index (χ3v) is 6.76. The number of anilines is 1. The quantitative estimate of drug-likeness (QED) is 0.303. The van der Waals surface area contributed by atoms with Gasteiger partial charge in [0.25, 0.3) is 5.91 Å². The number of amidine groups is 1. The van der Waals surface area contributed by atoms with Crippen molar-refractivity contribution in [3.8, 4) is 5.69 Å². The molecule has 1 saturated heterocycles. The van der Waals surface area contributed by atoms with Crippen molar-refractivity contribution in [3.05, 3.63) is 119 Å². The lowest BCUT2D eigenvalue weighted by molar-refractivity contribution is -0.122. The molecule has 0 unspecified atom stereocenters. The minimum atomic E-state index is -0.0377. The number of rotatable bonds is 6. The van der Waals surface area contributed by atoms with Gasteiger partial charge in [-0.2, -0.15) is 0 Å². The molecule has 1 fully saturated rings. The SMILES string of the molecule is CN(C)c1ccc(-n2cccc2/C=C2\SC(=Nc3ccccc3)N(Cc3ccccc3)C2=O)cc1. The van der Waals surface area contributed by atoms with E-state index in [1.54, 1.807) is 4.90 Å². The number of thioether (sulfide) groups is 1. The molecular formula is C29H26N4OS. The number of amides is 1. The Labute approximate surface area is 210 Å². The molecule has 5 rings (SSSR count). The zero-order valence-corrected chi connectivity index (χ0v) is 20.5. The first-order valence-corrected chi connectivity index (χ1v) is 12.2. The summed E-state index contributed by atoms with van der Waals surface area (Å²) in [5.41, 5.74) is 5.02. The van der Waals surface area contributed by atoms with Crippen LogP contribution in [0.1, 0.15) is 11.3 Å². The Balaban J connectivity index is 1.49. The molecule has 0 saturated carbocycles. The molecular weight excluding hydrogens is 452 g/mol. The monoisotopic (exact) mass is 478 g/mol. The fourth-order valence-corrected chi connectivity index (χ4v) is 4.88. The van der Waals surface area contributed by atoms with Gasteiger partial charge in [-0.05, 0) is 71.9 Å². The molecule has 3 aromatic carbocycles. The van der Waals surface area contributed by atoms with Crippen molar-refractivity contribution in [2.24, 2.45) is 4.99 Å². The summed E-state index contributed by atoms with van der Waals surface area (Å²) in [5.74, 6) is -0.0377. The normalized spacial score (nSPS) is 15.8. The zero-order valence-electron chi connectivity index (χ0n) is 19.7. The first kappa shape index (κ1) is 22.7. The molecule has 6 heteroatoms. The van der Waals surface area contributed by atoms with Gasteiger partial charge in [-0.3, -0.25) is 9.69 Å². The zero-order chi connectivity index (χ0) is 24.2. The highest BCUT2D eigenvalue weighted by Crippen LogP contribution is 2.35. The van der Waals surface area contributed by atoms with Crippen molar-refractivity contribution in [2.45, 2.75) is 6.54 Å². The number of carbonyl (C=O) groups is 1. The molecule has 174 valence electrons. The van der Waals surface area contributed by atoms with E-state index in [9.17, 15) is 4.79 Å². The van der Waals surface area contributed by atoms with Crippen molar-refractivity contribution in [3.63, 3.8) is 0 Å². The molecule has 0 aliphatic carbocycles. The maximum Gasteiger partial charge on any atom is 0.267 e. The fourth-order valence-electron chi connectivity index (χ4n) is 3.90. The summed E-state index contributed by atoms with van der Waals surface area (Å²) in [7, 11) is 4.05. The molecule has 5 nitrogen and oxygen atoms in total. The summed E-state index contributed by atoms with van der Waals surface area (Å²) in [6, 6.07) is 32.2. The lowest BCUT2D eigenvalue weighted by atomic mass is 10.2. The summed E-state index contributed by atoms with van der Waals surface area (Å²) in [4.78, 5) is 22.8. The number of benzene rings is 3.